The number of anilines is 2. The highest BCUT2D eigenvalue weighted by Crippen LogP contribution is 2.26. The monoisotopic (exact) mass is 288 g/mol. The van der Waals surface area contributed by atoms with Crippen LogP contribution in [-0.4, -0.2) is 33.1 Å². The molecule has 1 amide bonds. The smallest absolute Gasteiger partial charge is 0.337 e. The van der Waals surface area contributed by atoms with Crippen molar-refractivity contribution in [1.82, 2.24) is 0 Å². The fraction of sp³-hybridized carbons (Fsp3) is 0.200. The van der Waals surface area contributed by atoms with Gasteiger partial charge in [-0.05, 0) is 30.3 Å². The number of furan rings is 1. The molecule has 110 valence electrons. The van der Waals surface area contributed by atoms with E-state index in [0.717, 1.165) is 0 Å². The topological polar surface area (TPSA) is 71.8 Å². The van der Waals surface area contributed by atoms with Crippen molar-refractivity contribution in [3.05, 3.63) is 47.9 Å². The van der Waals surface area contributed by atoms with Gasteiger partial charge in [-0.15, -0.1) is 0 Å². The number of benzene rings is 1. The lowest BCUT2D eigenvalue weighted by atomic mass is 10.1. The van der Waals surface area contributed by atoms with Crippen LogP contribution in [0.2, 0.25) is 0 Å². The van der Waals surface area contributed by atoms with E-state index >= 15 is 0 Å². The fourth-order valence-corrected chi connectivity index (χ4v) is 1.84. The molecule has 6 heteroatoms. The molecule has 0 fully saturated rings. The van der Waals surface area contributed by atoms with E-state index in [1.807, 2.05) is 14.1 Å². The maximum absolute atomic E-state index is 12.0. The molecule has 0 bridgehead atoms. The number of hydrogen-bond acceptors (Lipinski definition) is 5. The molecule has 0 saturated heterocycles. The highest BCUT2D eigenvalue weighted by Gasteiger charge is 2.15. The van der Waals surface area contributed by atoms with Crippen LogP contribution in [0.15, 0.2) is 41.0 Å². The third-order valence-corrected chi connectivity index (χ3v) is 2.89. The van der Waals surface area contributed by atoms with Crippen LogP contribution in [0.1, 0.15) is 20.9 Å². The van der Waals surface area contributed by atoms with Gasteiger partial charge in [0.1, 0.15) is 0 Å². The van der Waals surface area contributed by atoms with Gasteiger partial charge in [0.25, 0.3) is 5.91 Å². The van der Waals surface area contributed by atoms with Crippen molar-refractivity contribution in [2.75, 3.05) is 31.4 Å². The van der Waals surface area contributed by atoms with Crippen molar-refractivity contribution in [1.29, 1.82) is 0 Å². The van der Waals surface area contributed by atoms with Crippen LogP contribution in [0.3, 0.4) is 0 Å². The summed E-state index contributed by atoms with van der Waals surface area (Å²) in [5.74, 6) is -0.562. The van der Waals surface area contributed by atoms with Crippen molar-refractivity contribution < 1.29 is 18.7 Å². The van der Waals surface area contributed by atoms with Crippen molar-refractivity contribution in [3.8, 4) is 0 Å². The Hall–Kier alpha value is -2.76. The lowest BCUT2D eigenvalue weighted by Gasteiger charge is -2.18. The molecule has 0 radical (unpaired) electrons. The molecule has 0 spiro atoms. The molecule has 1 N–H and O–H groups in total. The predicted molar refractivity (Wildman–Crippen MR) is 78.8 cm³/mol. The van der Waals surface area contributed by atoms with Crippen LogP contribution >= 0.6 is 0 Å². The van der Waals surface area contributed by atoms with E-state index in [0.29, 0.717) is 16.9 Å². The summed E-state index contributed by atoms with van der Waals surface area (Å²) >= 11 is 0. The zero-order valence-electron chi connectivity index (χ0n) is 12.0. The number of carbonyl (C=O) groups excluding carboxylic acids is 2. The summed E-state index contributed by atoms with van der Waals surface area (Å²) in [5.41, 5.74) is 1.68. The van der Waals surface area contributed by atoms with E-state index in [-0.39, 0.29) is 11.7 Å². The molecule has 21 heavy (non-hydrogen) atoms. The summed E-state index contributed by atoms with van der Waals surface area (Å²) in [6.07, 6.45) is 1.43. The fourth-order valence-electron chi connectivity index (χ4n) is 1.84. The van der Waals surface area contributed by atoms with Gasteiger partial charge in [-0.3, -0.25) is 4.79 Å². The lowest BCUT2D eigenvalue weighted by Crippen LogP contribution is -2.17. The van der Waals surface area contributed by atoms with E-state index in [1.165, 1.54) is 13.4 Å². The molecular formula is C15H16N2O4. The first-order chi connectivity index (χ1) is 10.0. The Morgan fingerprint density at radius 3 is 2.57 bits per heavy atom. The zero-order chi connectivity index (χ0) is 15.4. The Bertz CT molecular complexity index is 648. The standard InChI is InChI=1S/C15H16N2O4/c1-17(2)12-9-10(15(19)20-3)6-7-11(12)16-14(18)13-5-4-8-21-13/h4-9H,1-3H3,(H,16,18). The second kappa shape index (κ2) is 6.13. The molecule has 2 rings (SSSR count). The normalized spacial score (nSPS) is 10.0. The molecular weight excluding hydrogens is 272 g/mol. The number of rotatable bonds is 4. The summed E-state index contributed by atoms with van der Waals surface area (Å²) in [6, 6.07) is 8.12. The molecule has 0 saturated carbocycles. The van der Waals surface area contributed by atoms with Crippen molar-refractivity contribution >= 4 is 23.3 Å². The van der Waals surface area contributed by atoms with Crippen molar-refractivity contribution in [2.24, 2.45) is 0 Å². The maximum Gasteiger partial charge on any atom is 0.337 e. The second-order valence-electron chi connectivity index (χ2n) is 4.55. The number of nitrogens with zero attached hydrogens (tertiary/aromatic N) is 1. The molecule has 1 aromatic carbocycles. The first-order valence-corrected chi connectivity index (χ1v) is 6.27. The average Bonchev–Trinajstić information content (AvgIpc) is 3.00. The minimum atomic E-state index is -0.429. The van der Waals surface area contributed by atoms with Gasteiger partial charge >= 0.3 is 5.97 Å². The Kier molecular flexibility index (Phi) is 4.27. The van der Waals surface area contributed by atoms with E-state index in [4.69, 9.17) is 9.15 Å². The molecule has 0 aliphatic carbocycles. The zero-order valence-corrected chi connectivity index (χ0v) is 12.0. The Morgan fingerprint density at radius 1 is 1.24 bits per heavy atom. The summed E-state index contributed by atoms with van der Waals surface area (Å²) in [5, 5.41) is 2.75. The maximum atomic E-state index is 12.0. The predicted octanol–water partition coefficient (Wildman–Crippen LogP) is 2.38. The van der Waals surface area contributed by atoms with Crippen LogP contribution in [0.5, 0.6) is 0 Å². The first-order valence-electron chi connectivity index (χ1n) is 6.27. The third-order valence-electron chi connectivity index (χ3n) is 2.89. The number of carbonyl (C=O) groups is 2. The summed E-state index contributed by atoms with van der Waals surface area (Å²) in [7, 11) is 4.96. The molecule has 0 unspecified atom stereocenters. The van der Waals surface area contributed by atoms with Crippen LogP contribution in [-0.2, 0) is 4.74 Å². The Balaban J connectivity index is 2.30. The van der Waals surface area contributed by atoms with Crippen LogP contribution in [0.25, 0.3) is 0 Å². The molecule has 1 heterocycles. The van der Waals surface area contributed by atoms with Gasteiger partial charge in [0.15, 0.2) is 5.76 Å². The van der Waals surface area contributed by atoms with E-state index in [9.17, 15) is 9.59 Å². The third kappa shape index (κ3) is 3.22. The molecule has 0 aliphatic heterocycles. The van der Waals surface area contributed by atoms with Gasteiger partial charge in [-0.1, -0.05) is 0 Å². The first kappa shape index (κ1) is 14.6. The van der Waals surface area contributed by atoms with Gasteiger partial charge in [-0.25, -0.2) is 4.79 Å². The van der Waals surface area contributed by atoms with Crippen molar-refractivity contribution in [3.63, 3.8) is 0 Å². The minimum Gasteiger partial charge on any atom is -0.465 e. The lowest BCUT2D eigenvalue weighted by molar-refractivity contribution is 0.0600. The van der Waals surface area contributed by atoms with Gasteiger partial charge in [0.05, 0.1) is 30.3 Å². The van der Waals surface area contributed by atoms with Gasteiger partial charge < -0.3 is 19.4 Å². The van der Waals surface area contributed by atoms with Crippen LogP contribution in [0, 0.1) is 0 Å². The van der Waals surface area contributed by atoms with E-state index < -0.39 is 5.97 Å². The molecule has 6 nitrogen and oxygen atoms in total. The van der Waals surface area contributed by atoms with Gasteiger partial charge in [-0.2, -0.15) is 0 Å². The molecule has 0 atom stereocenters. The second-order valence-corrected chi connectivity index (χ2v) is 4.55. The Morgan fingerprint density at radius 2 is 2.00 bits per heavy atom. The van der Waals surface area contributed by atoms with E-state index in [1.54, 1.807) is 35.2 Å². The summed E-state index contributed by atoms with van der Waals surface area (Å²) in [4.78, 5) is 25.4. The largest absolute Gasteiger partial charge is 0.465 e. The number of hydrogen-bond donors (Lipinski definition) is 1. The SMILES string of the molecule is COC(=O)c1ccc(NC(=O)c2ccco2)c(N(C)C)c1. The minimum absolute atomic E-state index is 0.219. The average molecular weight is 288 g/mol. The Labute approximate surface area is 122 Å². The summed E-state index contributed by atoms with van der Waals surface area (Å²) < 4.78 is 9.74. The number of nitrogens with one attached hydrogen (secondary N) is 1. The quantitative estimate of drug-likeness (QED) is 0.875. The number of esters is 1. The number of methoxy groups -OCH3 is 1. The van der Waals surface area contributed by atoms with Crippen LogP contribution < -0.4 is 10.2 Å². The highest BCUT2D eigenvalue weighted by molar-refractivity contribution is 6.04. The molecule has 2 aromatic rings. The summed E-state index contributed by atoms with van der Waals surface area (Å²) in [6.45, 7) is 0. The van der Waals surface area contributed by atoms with Gasteiger partial charge in [0, 0.05) is 14.1 Å². The number of ether oxygens (including phenoxy) is 1. The van der Waals surface area contributed by atoms with Crippen LogP contribution in [0.4, 0.5) is 11.4 Å². The highest BCUT2D eigenvalue weighted by atomic mass is 16.5. The van der Waals surface area contributed by atoms with Crippen molar-refractivity contribution in [2.45, 2.75) is 0 Å². The molecule has 1 aromatic heterocycles. The van der Waals surface area contributed by atoms with E-state index in [2.05, 4.69) is 5.32 Å². The molecule has 0 aliphatic rings. The number of amides is 1. The van der Waals surface area contributed by atoms with Gasteiger partial charge in [0.2, 0.25) is 0 Å².